The molecule has 0 spiro atoms. The molecule has 29 heavy (non-hydrogen) atoms. The molecule has 1 unspecified atom stereocenters. The molecule has 1 atom stereocenters. The van der Waals surface area contributed by atoms with Crippen LogP contribution in [0.2, 0.25) is 0 Å². The number of thiazole rings is 1. The Kier molecular flexibility index (Phi) is 4.70. The minimum absolute atomic E-state index is 0.0995. The Morgan fingerprint density at radius 2 is 1.52 bits per heavy atom. The van der Waals surface area contributed by atoms with E-state index in [1.807, 2.05) is 12.1 Å². The van der Waals surface area contributed by atoms with Crippen molar-refractivity contribution in [3.05, 3.63) is 107 Å². The van der Waals surface area contributed by atoms with E-state index in [9.17, 15) is 0 Å². The van der Waals surface area contributed by atoms with Gasteiger partial charge in [-0.15, -0.1) is 11.3 Å². The minimum Gasteiger partial charge on any atom is -0.256 e. The number of aromatic nitrogens is 1. The third-order valence-electron chi connectivity index (χ3n) is 5.20. The molecule has 5 rings (SSSR count). The fourth-order valence-corrected chi connectivity index (χ4v) is 4.50. The SMILES string of the molecule is Cc1ccc(C2=NN(c3ccccc3)C(c3csc(-c4ccccc4)n3)C2)cc1. The first-order valence-electron chi connectivity index (χ1n) is 9.77. The number of hydrogen-bond donors (Lipinski definition) is 0. The Labute approximate surface area is 175 Å². The summed E-state index contributed by atoms with van der Waals surface area (Å²) in [4.78, 5) is 4.98. The van der Waals surface area contributed by atoms with Gasteiger partial charge in [-0.3, -0.25) is 5.01 Å². The Bertz CT molecular complexity index is 1130. The quantitative estimate of drug-likeness (QED) is 0.396. The van der Waals surface area contributed by atoms with Gasteiger partial charge >= 0.3 is 0 Å². The summed E-state index contributed by atoms with van der Waals surface area (Å²) in [5, 5.41) is 10.4. The van der Waals surface area contributed by atoms with Gasteiger partial charge in [-0.2, -0.15) is 5.10 Å². The maximum absolute atomic E-state index is 5.01. The van der Waals surface area contributed by atoms with Gasteiger partial charge in [0.15, 0.2) is 0 Å². The highest BCUT2D eigenvalue weighted by atomic mass is 32.1. The van der Waals surface area contributed by atoms with E-state index >= 15 is 0 Å². The molecule has 0 bridgehead atoms. The fraction of sp³-hybridized carbons (Fsp3) is 0.120. The van der Waals surface area contributed by atoms with Crippen LogP contribution in [0.15, 0.2) is 95.4 Å². The van der Waals surface area contributed by atoms with Crippen LogP contribution in [0.5, 0.6) is 0 Å². The number of para-hydroxylation sites is 1. The van der Waals surface area contributed by atoms with E-state index in [4.69, 9.17) is 10.1 Å². The van der Waals surface area contributed by atoms with E-state index in [0.29, 0.717) is 0 Å². The number of aryl methyl sites for hydroxylation is 1. The van der Waals surface area contributed by atoms with Crippen molar-refractivity contribution in [1.82, 2.24) is 4.98 Å². The van der Waals surface area contributed by atoms with E-state index in [0.717, 1.165) is 34.1 Å². The van der Waals surface area contributed by atoms with Crippen LogP contribution >= 0.6 is 11.3 Å². The van der Waals surface area contributed by atoms with Crippen LogP contribution in [0.1, 0.15) is 29.3 Å². The molecular weight excluding hydrogens is 374 g/mol. The summed E-state index contributed by atoms with van der Waals surface area (Å²) >= 11 is 1.70. The molecule has 2 heterocycles. The van der Waals surface area contributed by atoms with Crippen LogP contribution in [-0.2, 0) is 0 Å². The molecule has 0 amide bonds. The first-order chi connectivity index (χ1) is 14.3. The summed E-state index contributed by atoms with van der Waals surface area (Å²) in [6.07, 6.45) is 0.843. The first kappa shape index (κ1) is 17.8. The van der Waals surface area contributed by atoms with Gasteiger partial charge in [0.1, 0.15) is 11.0 Å². The largest absolute Gasteiger partial charge is 0.256 e. The molecule has 0 radical (unpaired) electrons. The van der Waals surface area contributed by atoms with Crippen molar-refractivity contribution in [3.63, 3.8) is 0 Å². The predicted molar refractivity (Wildman–Crippen MR) is 122 cm³/mol. The average Bonchev–Trinajstić information content (AvgIpc) is 3.43. The topological polar surface area (TPSA) is 28.5 Å². The molecule has 3 aromatic carbocycles. The van der Waals surface area contributed by atoms with E-state index < -0.39 is 0 Å². The molecule has 4 aromatic rings. The summed E-state index contributed by atoms with van der Waals surface area (Å²) in [6, 6.07) is 29.5. The van der Waals surface area contributed by atoms with E-state index in [1.54, 1.807) is 11.3 Å². The number of benzene rings is 3. The van der Waals surface area contributed by atoms with Gasteiger partial charge in [0, 0.05) is 17.4 Å². The summed E-state index contributed by atoms with van der Waals surface area (Å²) < 4.78 is 0. The second kappa shape index (κ2) is 7.64. The second-order valence-electron chi connectivity index (χ2n) is 7.26. The zero-order chi connectivity index (χ0) is 19.6. The molecule has 0 fully saturated rings. The van der Waals surface area contributed by atoms with Crippen molar-refractivity contribution in [2.75, 3.05) is 5.01 Å². The van der Waals surface area contributed by atoms with Crippen molar-refractivity contribution in [1.29, 1.82) is 0 Å². The number of hydrogen-bond acceptors (Lipinski definition) is 4. The lowest BCUT2D eigenvalue weighted by Crippen LogP contribution is -2.18. The van der Waals surface area contributed by atoms with Gasteiger partial charge in [0.2, 0.25) is 0 Å². The molecule has 1 aromatic heterocycles. The normalized spacial score (nSPS) is 16.1. The van der Waals surface area contributed by atoms with Gasteiger partial charge < -0.3 is 0 Å². The van der Waals surface area contributed by atoms with Crippen molar-refractivity contribution in [2.45, 2.75) is 19.4 Å². The van der Waals surface area contributed by atoms with Crippen LogP contribution < -0.4 is 5.01 Å². The van der Waals surface area contributed by atoms with E-state index in [-0.39, 0.29) is 6.04 Å². The van der Waals surface area contributed by atoms with Gasteiger partial charge in [-0.05, 0) is 24.6 Å². The van der Waals surface area contributed by atoms with E-state index in [2.05, 4.69) is 90.1 Å². The predicted octanol–water partition coefficient (Wildman–Crippen LogP) is 6.47. The molecular formula is C25H21N3S. The average molecular weight is 396 g/mol. The Balaban J connectivity index is 1.51. The maximum atomic E-state index is 5.01. The van der Waals surface area contributed by atoms with Crippen LogP contribution in [0, 0.1) is 6.92 Å². The lowest BCUT2D eigenvalue weighted by Gasteiger charge is -2.22. The molecule has 4 heteroatoms. The minimum atomic E-state index is 0.0995. The van der Waals surface area contributed by atoms with Crippen molar-refractivity contribution < 1.29 is 0 Å². The first-order valence-corrected chi connectivity index (χ1v) is 10.7. The van der Waals surface area contributed by atoms with Gasteiger partial charge in [0.25, 0.3) is 0 Å². The Morgan fingerprint density at radius 3 is 2.24 bits per heavy atom. The monoisotopic (exact) mass is 395 g/mol. The highest BCUT2D eigenvalue weighted by Gasteiger charge is 2.31. The number of anilines is 1. The molecule has 1 aliphatic rings. The highest BCUT2D eigenvalue weighted by Crippen LogP contribution is 2.38. The van der Waals surface area contributed by atoms with Crippen LogP contribution in [0.3, 0.4) is 0 Å². The van der Waals surface area contributed by atoms with E-state index in [1.165, 1.54) is 11.1 Å². The Morgan fingerprint density at radius 1 is 0.828 bits per heavy atom. The summed E-state index contributed by atoms with van der Waals surface area (Å²) in [5.41, 5.74) is 6.87. The third-order valence-corrected chi connectivity index (χ3v) is 6.11. The standard InChI is InChI=1S/C25H21N3S/c1-18-12-14-19(15-13-18)22-16-24(28(27-22)21-10-6-3-7-11-21)23-17-29-25(26-23)20-8-4-2-5-9-20/h2-15,17,24H,16H2,1H3. The number of hydrazone groups is 1. The zero-order valence-corrected chi connectivity index (χ0v) is 17.0. The maximum Gasteiger partial charge on any atom is 0.123 e. The van der Waals surface area contributed by atoms with Crippen molar-refractivity contribution >= 4 is 22.7 Å². The van der Waals surface area contributed by atoms with Gasteiger partial charge in [-0.1, -0.05) is 78.4 Å². The molecule has 142 valence electrons. The summed E-state index contributed by atoms with van der Waals surface area (Å²) in [7, 11) is 0. The molecule has 0 N–H and O–H groups in total. The van der Waals surface area contributed by atoms with Gasteiger partial charge in [0.05, 0.1) is 17.1 Å². The number of rotatable bonds is 4. The molecule has 0 saturated heterocycles. The zero-order valence-electron chi connectivity index (χ0n) is 16.2. The Hall–Kier alpha value is -3.24. The van der Waals surface area contributed by atoms with Crippen molar-refractivity contribution in [3.8, 4) is 10.6 Å². The molecule has 0 saturated carbocycles. The smallest absolute Gasteiger partial charge is 0.123 e. The summed E-state index contributed by atoms with van der Waals surface area (Å²) in [5.74, 6) is 0. The molecule has 3 nitrogen and oxygen atoms in total. The van der Waals surface area contributed by atoms with Crippen LogP contribution in [0.25, 0.3) is 10.6 Å². The second-order valence-corrected chi connectivity index (χ2v) is 8.11. The third kappa shape index (κ3) is 3.59. The van der Waals surface area contributed by atoms with Crippen molar-refractivity contribution in [2.24, 2.45) is 5.10 Å². The highest BCUT2D eigenvalue weighted by molar-refractivity contribution is 7.13. The van der Waals surface area contributed by atoms with Crippen LogP contribution in [0.4, 0.5) is 5.69 Å². The van der Waals surface area contributed by atoms with Crippen LogP contribution in [-0.4, -0.2) is 10.7 Å². The number of nitrogens with zero attached hydrogens (tertiary/aromatic N) is 3. The fourth-order valence-electron chi connectivity index (χ4n) is 3.63. The molecule has 1 aliphatic heterocycles. The lowest BCUT2D eigenvalue weighted by molar-refractivity contribution is 0.691. The summed E-state index contributed by atoms with van der Waals surface area (Å²) in [6.45, 7) is 2.11. The molecule has 0 aliphatic carbocycles. The van der Waals surface area contributed by atoms with Gasteiger partial charge in [-0.25, -0.2) is 4.98 Å². The lowest BCUT2D eigenvalue weighted by atomic mass is 10.0.